The van der Waals surface area contributed by atoms with Crippen LogP contribution in [-0.2, 0) is 12.8 Å². The Bertz CT molecular complexity index is 2320. The van der Waals surface area contributed by atoms with Gasteiger partial charge < -0.3 is 10.6 Å². The van der Waals surface area contributed by atoms with Gasteiger partial charge in [0, 0.05) is 34.9 Å². The molecular formula is C78H138N8O4. The number of H-pyrrole nitrogens is 2. The number of hydrogen-bond donors (Lipinski definition) is 6. The van der Waals surface area contributed by atoms with Gasteiger partial charge in [0.1, 0.15) is 0 Å². The van der Waals surface area contributed by atoms with E-state index in [0.717, 1.165) is 48.6 Å². The average molecular weight is 1250 g/mol. The third kappa shape index (κ3) is 37.3. The molecule has 0 bridgehead atoms. The highest BCUT2D eigenvalue weighted by molar-refractivity contribution is 6.01. The summed E-state index contributed by atoms with van der Waals surface area (Å²) in [6, 6.07) is 6.05. The third-order valence-electron chi connectivity index (χ3n) is 19.3. The van der Waals surface area contributed by atoms with E-state index in [4.69, 9.17) is 0 Å². The molecule has 12 nitrogen and oxygen atoms in total. The first-order chi connectivity index (χ1) is 42.6. The van der Waals surface area contributed by atoms with Crippen LogP contribution in [0.3, 0.4) is 0 Å². The van der Waals surface area contributed by atoms with E-state index in [1.165, 1.54) is 166 Å². The summed E-state index contributed by atoms with van der Waals surface area (Å²) >= 11 is 0. The molecule has 12 heteroatoms. The topological polar surface area (TPSA) is 174 Å². The van der Waals surface area contributed by atoms with Crippen LogP contribution in [0.25, 0.3) is 0 Å². The van der Waals surface area contributed by atoms with E-state index in [1.807, 2.05) is 0 Å². The first kappa shape index (κ1) is 79.8. The highest BCUT2D eigenvalue weighted by Gasteiger charge is 2.24. The molecular weight excluding hydrogens is 1110 g/mol. The molecule has 0 radical (unpaired) electrons. The van der Waals surface area contributed by atoms with Gasteiger partial charge in [-0.25, -0.2) is 19.6 Å². The summed E-state index contributed by atoms with van der Waals surface area (Å²) in [4.78, 5) is 68.3. The summed E-state index contributed by atoms with van der Waals surface area (Å²) in [5.41, 5.74) is 3.60. The zero-order valence-electron chi connectivity index (χ0n) is 61.1. The molecule has 4 amide bonds. The quantitative estimate of drug-likeness (QED) is 0.0328. The number of nitrogens with one attached hydrogen (secondary N) is 6. The van der Waals surface area contributed by atoms with Crippen molar-refractivity contribution in [2.45, 2.75) is 317 Å². The van der Waals surface area contributed by atoms with Gasteiger partial charge in [0.05, 0.1) is 0 Å². The molecule has 0 aliphatic carbocycles. The molecule has 2 atom stereocenters. The molecule has 0 aliphatic rings. The Labute approximate surface area is 551 Å². The van der Waals surface area contributed by atoms with E-state index in [0.29, 0.717) is 107 Å². The smallest absolute Gasteiger partial charge is 0.307 e. The lowest BCUT2D eigenvalue weighted by molar-refractivity contribution is 0.261. The van der Waals surface area contributed by atoms with Gasteiger partial charge in [-0.15, -0.1) is 0 Å². The fourth-order valence-electron chi connectivity index (χ4n) is 13.3. The molecule has 6 N–H and O–H groups in total. The number of aromatic nitrogens is 4. The highest BCUT2D eigenvalue weighted by atomic mass is 16.2. The van der Waals surface area contributed by atoms with E-state index in [9.17, 15) is 19.2 Å². The van der Waals surface area contributed by atoms with Crippen molar-refractivity contribution < 1.29 is 9.59 Å². The van der Waals surface area contributed by atoms with Gasteiger partial charge in [0.25, 0.3) is 11.1 Å². The van der Waals surface area contributed by atoms with E-state index in [-0.39, 0.29) is 23.0 Å². The van der Waals surface area contributed by atoms with Crippen LogP contribution in [-0.4, -0.2) is 32.0 Å². The van der Waals surface area contributed by atoms with Crippen molar-refractivity contribution in [3.8, 4) is 0 Å². The minimum Gasteiger partial charge on any atom is -0.307 e. The second-order valence-electron chi connectivity index (χ2n) is 31.9. The fourth-order valence-corrected chi connectivity index (χ4v) is 13.3. The van der Waals surface area contributed by atoms with Crippen LogP contribution in [0.5, 0.6) is 0 Å². The predicted octanol–water partition coefficient (Wildman–Crippen LogP) is 22.7. The molecule has 90 heavy (non-hydrogen) atoms. The maximum Gasteiger partial charge on any atom is 0.326 e. The number of amides is 4. The number of urea groups is 2. The van der Waals surface area contributed by atoms with Crippen molar-refractivity contribution in [1.82, 2.24) is 19.9 Å². The number of hydrogen-bond acceptors (Lipinski definition) is 6. The van der Waals surface area contributed by atoms with Crippen LogP contribution in [0.15, 0.2) is 33.9 Å². The van der Waals surface area contributed by atoms with Gasteiger partial charge in [-0.05, 0) is 146 Å². The lowest BCUT2D eigenvalue weighted by Gasteiger charge is -2.26. The molecule has 1 aromatic carbocycles. The summed E-state index contributed by atoms with van der Waals surface area (Å²) in [7, 11) is 0. The zero-order valence-corrected chi connectivity index (χ0v) is 61.1. The van der Waals surface area contributed by atoms with Gasteiger partial charge in [0.15, 0.2) is 0 Å². The zero-order chi connectivity index (χ0) is 66.7. The molecule has 514 valence electrons. The van der Waals surface area contributed by atoms with E-state index in [2.05, 4.69) is 164 Å². The molecule has 3 aromatic rings. The maximum atomic E-state index is 14.4. The number of carbonyl (C=O) groups is 2. The summed E-state index contributed by atoms with van der Waals surface area (Å²) < 4.78 is 0. The Morgan fingerprint density at radius 2 is 0.544 bits per heavy atom. The van der Waals surface area contributed by atoms with Crippen molar-refractivity contribution in [2.24, 2.45) is 82.9 Å². The summed E-state index contributed by atoms with van der Waals surface area (Å²) in [5, 5.41) is 12.3. The number of rotatable bonds is 48. The van der Waals surface area contributed by atoms with Crippen molar-refractivity contribution in [2.75, 3.05) is 21.3 Å². The molecule has 2 heterocycles. The van der Waals surface area contributed by atoms with E-state index < -0.39 is 12.1 Å². The van der Waals surface area contributed by atoms with Gasteiger partial charge in [-0.3, -0.25) is 30.2 Å². The van der Waals surface area contributed by atoms with E-state index in [1.54, 1.807) is 13.8 Å². The van der Waals surface area contributed by atoms with Crippen molar-refractivity contribution in [3.05, 3.63) is 67.5 Å². The number of aromatic amines is 2. The van der Waals surface area contributed by atoms with Gasteiger partial charge in [-0.2, -0.15) is 0 Å². The molecule has 0 saturated heterocycles. The lowest BCUT2D eigenvalue weighted by atomic mass is 9.81. The lowest BCUT2D eigenvalue weighted by Crippen LogP contribution is -2.25. The summed E-state index contributed by atoms with van der Waals surface area (Å²) in [5.74, 6) is 9.53. The standard InChI is InChI=1S/C78H138N8O4/c1-53(2)25-33-63(34-26-54(3)4)21-19-23-65(41-43-67(37-29-57(9)10)38-30-58(11)12)45-47-69-51-72(82-78(90)86-76-80-62(18)50-74(88)84-76)70(52-71(69)81-77(89)85-75-79-61(17)49-73(87)83-75)48-46-66(42-44-68(39-31-59(13)14)40-32-60(15)16)24-20-22-64(35-27-55(5)6)36-28-56(7)8/h49-60,63-68H,19-48H2,1-18H3,(H3,79,81,83,85,87,89)(H3,80,82,84,86,88,90). The Hall–Kier alpha value is -4.48. The van der Waals surface area contributed by atoms with Crippen LogP contribution in [0.1, 0.15) is 313 Å². The second-order valence-corrected chi connectivity index (χ2v) is 31.9. The van der Waals surface area contributed by atoms with Gasteiger partial charge in [-0.1, -0.05) is 278 Å². The Morgan fingerprint density at radius 1 is 0.322 bits per heavy atom. The second kappa shape index (κ2) is 44.2. The first-order valence-electron chi connectivity index (χ1n) is 37.1. The Kier molecular flexibility index (Phi) is 39.2. The maximum absolute atomic E-state index is 14.4. The SMILES string of the molecule is Cc1cc(=O)[nH]c(NC(=O)Nc2cc(CCC(CCCC(CCC(C)C)CCC(C)C)CCC(CCC(C)C)CCC(C)C)c(NC(=O)Nc3nc(C)cc(=O)[nH]3)cc2CCC(CCCC(CCC(C)C)CCC(C)C)CCC(CCC(C)C)CCC(C)C)n1. The predicted molar refractivity (Wildman–Crippen MR) is 387 cm³/mol. The van der Waals surface area contributed by atoms with Crippen molar-refractivity contribution >= 4 is 35.3 Å². The van der Waals surface area contributed by atoms with Gasteiger partial charge in [0.2, 0.25) is 11.9 Å². The number of carbonyl (C=O) groups excluding carboxylic acids is 2. The van der Waals surface area contributed by atoms with Crippen LogP contribution < -0.4 is 32.4 Å². The number of anilines is 4. The number of benzene rings is 1. The van der Waals surface area contributed by atoms with Crippen molar-refractivity contribution in [1.29, 1.82) is 0 Å². The van der Waals surface area contributed by atoms with E-state index >= 15 is 0 Å². The number of nitrogens with zero attached hydrogens (tertiary/aromatic N) is 2. The molecule has 0 aliphatic heterocycles. The molecule has 0 fully saturated rings. The third-order valence-corrected chi connectivity index (χ3v) is 19.3. The summed E-state index contributed by atoms with van der Waals surface area (Å²) in [6.45, 7) is 41.2. The minimum absolute atomic E-state index is 0.0836. The number of aryl methyl sites for hydroxylation is 4. The Morgan fingerprint density at radius 3 is 0.778 bits per heavy atom. The largest absolute Gasteiger partial charge is 0.326 e. The molecule has 0 spiro atoms. The van der Waals surface area contributed by atoms with Crippen LogP contribution in [0.4, 0.5) is 32.9 Å². The minimum atomic E-state index is -0.497. The monoisotopic (exact) mass is 1250 g/mol. The highest BCUT2D eigenvalue weighted by Crippen LogP contribution is 2.37. The first-order valence-corrected chi connectivity index (χ1v) is 37.1. The normalized spacial score (nSPS) is 13.0. The van der Waals surface area contributed by atoms with Crippen LogP contribution >= 0.6 is 0 Å². The summed E-state index contributed by atoms with van der Waals surface area (Å²) in [6.07, 6.45) is 35.7. The fraction of sp³-hybridized carbons (Fsp3) is 0.795. The average Bonchev–Trinajstić information content (AvgIpc) is 1.25. The molecule has 2 aromatic heterocycles. The Balaban J connectivity index is 2.24. The van der Waals surface area contributed by atoms with Gasteiger partial charge >= 0.3 is 12.1 Å². The molecule has 2 unspecified atom stereocenters. The van der Waals surface area contributed by atoms with Crippen LogP contribution in [0, 0.1) is 96.7 Å². The molecule has 0 saturated carbocycles. The molecule has 3 rings (SSSR count). The van der Waals surface area contributed by atoms with Crippen molar-refractivity contribution in [3.63, 3.8) is 0 Å². The van der Waals surface area contributed by atoms with Crippen LogP contribution in [0.2, 0.25) is 0 Å².